The number of carbonyl (C=O) groups excluding carboxylic acids is 3. The first-order valence-corrected chi connectivity index (χ1v) is 14.2. The number of carboxylic acid groups (broad SMARTS) is 1. The Balaban J connectivity index is 1.31. The van der Waals surface area contributed by atoms with Gasteiger partial charge in [0.05, 0.1) is 0 Å². The zero-order chi connectivity index (χ0) is 31.1. The Hall–Kier alpha value is -5.70. The Morgan fingerprint density at radius 1 is 0.750 bits per heavy atom. The molecule has 0 spiro atoms. The molecule has 222 valence electrons. The Kier molecular flexibility index (Phi) is 9.15. The first kappa shape index (κ1) is 29.8. The monoisotopic (exact) mass is 588 g/mol. The van der Waals surface area contributed by atoms with Gasteiger partial charge in [0.2, 0.25) is 11.8 Å². The van der Waals surface area contributed by atoms with E-state index in [4.69, 9.17) is 0 Å². The lowest BCUT2D eigenvalue weighted by molar-refractivity contribution is -0.139. The smallest absolute Gasteiger partial charge is 0.326 e. The van der Waals surface area contributed by atoms with Crippen LogP contribution in [0.4, 0.5) is 5.69 Å². The van der Waals surface area contributed by atoms with Gasteiger partial charge in [-0.1, -0.05) is 78.9 Å². The van der Waals surface area contributed by atoms with Gasteiger partial charge in [0.1, 0.15) is 12.1 Å². The van der Waals surface area contributed by atoms with Crippen LogP contribution >= 0.6 is 0 Å². The lowest BCUT2D eigenvalue weighted by atomic mass is 10.0. The maximum absolute atomic E-state index is 13.5. The van der Waals surface area contributed by atoms with E-state index in [1.807, 2.05) is 72.9 Å². The molecule has 0 aliphatic heterocycles. The van der Waals surface area contributed by atoms with E-state index in [-0.39, 0.29) is 18.2 Å². The molecule has 4 aromatic carbocycles. The second-order valence-corrected chi connectivity index (χ2v) is 10.5. The topological polar surface area (TPSA) is 140 Å². The number of aromatic amines is 1. The van der Waals surface area contributed by atoms with E-state index in [1.54, 1.807) is 36.4 Å². The number of carboxylic acids is 1. The van der Waals surface area contributed by atoms with Crippen molar-refractivity contribution in [3.8, 4) is 11.1 Å². The fraction of sp³-hybridized carbons (Fsp3) is 0.143. The Morgan fingerprint density at radius 3 is 2.16 bits per heavy atom. The molecule has 2 unspecified atom stereocenters. The lowest BCUT2D eigenvalue weighted by Crippen LogP contribution is -2.44. The van der Waals surface area contributed by atoms with E-state index in [0.29, 0.717) is 23.2 Å². The molecule has 0 aliphatic rings. The molecule has 0 fully saturated rings. The third-order valence-corrected chi connectivity index (χ3v) is 7.32. The number of amides is 3. The molecule has 0 radical (unpaired) electrons. The highest BCUT2D eigenvalue weighted by Crippen LogP contribution is 2.29. The molecular weight excluding hydrogens is 556 g/mol. The van der Waals surface area contributed by atoms with E-state index in [9.17, 15) is 24.3 Å². The summed E-state index contributed by atoms with van der Waals surface area (Å²) >= 11 is 0. The predicted octanol–water partition coefficient (Wildman–Crippen LogP) is 4.95. The van der Waals surface area contributed by atoms with Crippen molar-refractivity contribution in [1.29, 1.82) is 0 Å². The van der Waals surface area contributed by atoms with Crippen molar-refractivity contribution < 1.29 is 24.3 Å². The molecule has 0 bridgehead atoms. The average Bonchev–Trinajstić information content (AvgIpc) is 3.43. The molecule has 44 heavy (non-hydrogen) atoms. The summed E-state index contributed by atoms with van der Waals surface area (Å²) in [5.74, 6) is -2.31. The van der Waals surface area contributed by atoms with Gasteiger partial charge in [-0.05, 0) is 41.0 Å². The number of H-pyrrole nitrogens is 1. The average molecular weight is 589 g/mol. The number of fused-ring (bicyclic) bond motifs is 1. The molecule has 0 aliphatic carbocycles. The van der Waals surface area contributed by atoms with Gasteiger partial charge in [-0.2, -0.15) is 0 Å². The van der Waals surface area contributed by atoms with E-state index in [1.165, 1.54) is 6.92 Å². The maximum Gasteiger partial charge on any atom is 0.326 e. The molecule has 1 heterocycles. The Morgan fingerprint density at radius 2 is 1.43 bits per heavy atom. The number of aliphatic carboxylic acids is 1. The third-order valence-electron chi connectivity index (χ3n) is 7.32. The van der Waals surface area contributed by atoms with E-state index < -0.39 is 24.0 Å². The van der Waals surface area contributed by atoms with Crippen LogP contribution in [0.15, 0.2) is 109 Å². The van der Waals surface area contributed by atoms with E-state index >= 15 is 0 Å². The number of anilines is 1. The molecule has 0 saturated carbocycles. The minimum absolute atomic E-state index is 0.160. The summed E-state index contributed by atoms with van der Waals surface area (Å²) in [5, 5.41) is 19.0. The van der Waals surface area contributed by atoms with Gasteiger partial charge in [-0.25, -0.2) is 4.79 Å². The molecule has 0 saturated heterocycles. The summed E-state index contributed by atoms with van der Waals surface area (Å²) in [7, 11) is 0. The maximum atomic E-state index is 13.5. The molecule has 5 aromatic rings. The van der Waals surface area contributed by atoms with E-state index in [2.05, 4.69) is 20.9 Å². The summed E-state index contributed by atoms with van der Waals surface area (Å²) in [6, 6.07) is 28.9. The Labute approximate surface area is 254 Å². The zero-order valence-electron chi connectivity index (χ0n) is 24.0. The lowest BCUT2D eigenvalue weighted by Gasteiger charge is -2.19. The minimum atomic E-state index is -1.12. The van der Waals surface area contributed by atoms with Crippen LogP contribution in [0.5, 0.6) is 0 Å². The predicted molar refractivity (Wildman–Crippen MR) is 169 cm³/mol. The molecule has 9 nitrogen and oxygen atoms in total. The molecular formula is C35H32N4O5. The van der Waals surface area contributed by atoms with Gasteiger partial charge < -0.3 is 26.0 Å². The first-order chi connectivity index (χ1) is 21.3. The summed E-state index contributed by atoms with van der Waals surface area (Å²) in [6.07, 6.45) is 2.30. The molecule has 9 heteroatoms. The van der Waals surface area contributed by atoms with Gasteiger partial charge >= 0.3 is 5.97 Å². The molecule has 3 amide bonds. The highest BCUT2D eigenvalue weighted by Gasteiger charge is 2.23. The minimum Gasteiger partial charge on any atom is -0.480 e. The zero-order valence-corrected chi connectivity index (χ0v) is 24.0. The summed E-state index contributed by atoms with van der Waals surface area (Å²) in [6.45, 7) is 1.38. The van der Waals surface area contributed by atoms with Crippen LogP contribution in [0.1, 0.15) is 28.4 Å². The molecule has 1 aromatic heterocycles. The van der Waals surface area contributed by atoms with Crippen molar-refractivity contribution in [2.45, 2.75) is 31.8 Å². The van der Waals surface area contributed by atoms with Crippen LogP contribution < -0.4 is 16.0 Å². The third kappa shape index (κ3) is 7.19. The van der Waals surface area contributed by atoms with Crippen molar-refractivity contribution >= 4 is 40.3 Å². The standard InChI is InChI=1S/C35H32N4O5/c1-22(40)37-31(20-26-21-36-29-13-7-5-12-28(26)29)34(42)38-30-14-8-6-11-27(30)24-15-17-25(18-16-24)33(41)39-32(35(43)44)19-23-9-3-2-4-10-23/h2-18,21,31-32,36H,19-20H2,1H3,(H,37,40)(H,38,42)(H,39,41)(H,43,44). The van der Waals surface area contributed by atoms with Crippen molar-refractivity contribution in [3.05, 3.63) is 126 Å². The number of aromatic nitrogens is 1. The van der Waals surface area contributed by atoms with Gasteiger partial charge in [-0.15, -0.1) is 0 Å². The van der Waals surface area contributed by atoms with Crippen LogP contribution in [0.25, 0.3) is 22.0 Å². The van der Waals surface area contributed by atoms with Crippen molar-refractivity contribution in [2.24, 2.45) is 0 Å². The van der Waals surface area contributed by atoms with Gasteiger partial charge in [0.25, 0.3) is 5.91 Å². The number of rotatable bonds is 11. The summed E-state index contributed by atoms with van der Waals surface area (Å²) in [5.41, 5.74) is 4.96. The van der Waals surface area contributed by atoms with Crippen LogP contribution in [0.2, 0.25) is 0 Å². The van der Waals surface area contributed by atoms with Gasteiger partial charge in [0, 0.05) is 53.7 Å². The van der Waals surface area contributed by atoms with Crippen LogP contribution in [-0.2, 0) is 27.2 Å². The van der Waals surface area contributed by atoms with Gasteiger partial charge in [-0.3, -0.25) is 14.4 Å². The number of hydrogen-bond acceptors (Lipinski definition) is 4. The fourth-order valence-electron chi connectivity index (χ4n) is 5.13. The SMILES string of the molecule is CC(=O)NC(Cc1c[nH]c2ccccc12)C(=O)Nc1ccccc1-c1ccc(C(=O)NC(Cc2ccccc2)C(=O)O)cc1. The molecule has 5 N–H and O–H groups in total. The number of nitrogens with one attached hydrogen (secondary N) is 4. The van der Waals surface area contributed by atoms with Gasteiger partial charge in [0.15, 0.2) is 0 Å². The van der Waals surface area contributed by atoms with Crippen LogP contribution in [0, 0.1) is 0 Å². The second-order valence-electron chi connectivity index (χ2n) is 10.5. The van der Waals surface area contributed by atoms with E-state index in [0.717, 1.165) is 27.6 Å². The van der Waals surface area contributed by atoms with Crippen molar-refractivity contribution in [1.82, 2.24) is 15.6 Å². The molecule has 5 rings (SSSR count). The number of hydrogen-bond donors (Lipinski definition) is 5. The normalized spacial score (nSPS) is 12.2. The largest absolute Gasteiger partial charge is 0.480 e. The fourth-order valence-corrected chi connectivity index (χ4v) is 5.13. The summed E-state index contributed by atoms with van der Waals surface area (Å²) < 4.78 is 0. The summed E-state index contributed by atoms with van der Waals surface area (Å²) in [4.78, 5) is 53.4. The van der Waals surface area contributed by atoms with Crippen molar-refractivity contribution in [3.63, 3.8) is 0 Å². The van der Waals surface area contributed by atoms with Crippen LogP contribution in [0.3, 0.4) is 0 Å². The number of benzene rings is 4. The molecule has 2 atom stereocenters. The number of carbonyl (C=O) groups is 4. The number of para-hydroxylation sites is 2. The second kappa shape index (κ2) is 13.5. The highest BCUT2D eigenvalue weighted by molar-refractivity contribution is 6.01. The van der Waals surface area contributed by atoms with Crippen molar-refractivity contribution in [2.75, 3.05) is 5.32 Å². The quantitative estimate of drug-likeness (QED) is 0.149. The highest BCUT2D eigenvalue weighted by atomic mass is 16.4. The van der Waals surface area contributed by atoms with Crippen LogP contribution in [-0.4, -0.2) is 45.9 Å². The first-order valence-electron chi connectivity index (χ1n) is 14.2. The Bertz CT molecular complexity index is 1800.